The number of amides is 1. The third-order valence-corrected chi connectivity index (χ3v) is 3.96. The monoisotopic (exact) mass is 274 g/mol. The first-order valence-electron chi connectivity index (χ1n) is 6.39. The normalized spacial score (nSPS) is 10.6. The van der Waals surface area contributed by atoms with Crippen molar-refractivity contribution in [2.75, 3.05) is 5.73 Å². The molecule has 0 spiro atoms. The van der Waals surface area contributed by atoms with E-state index >= 15 is 0 Å². The molecule has 0 saturated heterocycles. The number of aryl methyl sites for hydroxylation is 1. The van der Waals surface area contributed by atoms with Gasteiger partial charge in [-0.1, -0.05) is 37.6 Å². The molecule has 0 saturated carbocycles. The van der Waals surface area contributed by atoms with Crippen LogP contribution in [0.25, 0.3) is 11.1 Å². The summed E-state index contributed by atoms with van der Waals surface area (Å²) < 4.78 is 0. The third-order valence-electron chi connectivity index (χ3n) is 3.15. The van der Waals surface area contributed by atoms with Gasteiger partial charge in [0.1, 0.15) is 0 Å². The standard InChI is InChI=1S/C15H18N2OS/c1-2-3-4-10-5-7-11(8-6-10)12-9-19-15(17)13(12)14(16)18/h5-9H,2-4,17H2,1H3,(H2,16,18). The van der Waals surface area contributed by atoms with Crippen molar-refractivity contribution in [3.8, 4) is 11.1 Å². The third kappa shape index (κ3) is 2.96. The largest absolute Gasteiger partial charge is 0.390 e. The first kappa shape index (κ1) is 13.6. The second-order valence-electron chi connectivity index (χ2n) is 4.55. The summed E-state index contributed by atoms with van der Waals surface area (Å²) in [5, 5.41) is 2.37. The molecule has 0 aliphatic heterocycles. The minimum Gasteiger partial charge on any atom is -0.390 e. The fourth-order valence-corrected chi connectivity index (χ4v) is 2.90. The van der Waals surface area contributed by atoms with Gasteiger partial charge >= 0.3 is 0 Å². The number of nitrogen functional groups attached to an aromatic ring is 1. The molecule has 0 bridgehead atoms. The van der Waals surface area contributed by atoms with Gasteiger partial charge in [-0.05, 0) is 24.0 Å². The Labute approximate surface area is 117 Å². The van der Waals surface area contributed by atoms with Gasteiger partial charge in [-0.15, -0.1) is 11.3 Å². The van der Waals surface area contributed by atoms with E-state index in [9.17, 15) is 4.79 Å². The predicted molar refractivity (Wildman–Crippen MR) is 81.3 cm³/mol. The van der Waals surface area contributed by atoms with Crippen LogP contribution in [0.3, 0.4) is 0 Å². The van der Waals surface area contributed by atoms with Gasteiger partial charge in [0, 0.05) is 10.9 Å². The highest BCUT2D eigenvalue weighted by Crippen LogP contribution is 2.33. The van der Waals surface area contributed by atoms with Crippen LogP contribution in [0.1, 0.15) is 35.7 Å². The van der Waals surface area contributed by atoms with E-state index in [0.29, 0.717) is 10.6 Å². The number of benzene rings is 1. The number of primary amides is 1. The summed E-state index contributed by atoms with van der Waals surface area (Å²) in [5.74, 6) is -0.469. The van der Waals surface area contributed by atoms with Crippen molar-refractivity contribution in [3.05, 3.63) is 40.8 Å². The molecule has 0 unspecified atom stereocenters. The zero-order valence-corrected chi connectivity index (χ0v) is 11.8. The maximum absolute atomic E-state index is 11.4. The summed E-state index contributed by atoms with van der Waals surface area (Å²) in [6.07, 6.45) is 3.47. The fourth-order valence-electron chi connectivity index (χ4n) is 2.07. The van der Waals surface area contributed by atoms with Gasteiger partial charge in [0.25, 0.3) is 5.91 Å². The SMILES string of the molecule is CCCCc1ccc(-c2csc(N)c2C(N)=O)cc1. The van der Waals surface area contributed by atoms with Gasteiger partial charge in [0.05, 0.1) is 10.6 Å². The van der Waals surface area contributed by atoms with Crippen LogP contribution in [0.5, 0.6) is 0 Å². The number of nitrogens with two attached hydrogens (primary N) is 2. The molecule has 100 valence electrons. The van der Waals surface area contributed by atoms with Crippen LogP contribution >= 0.6 is 11.3 Å². The second kappa shape index (κ2) is 5.89. The number of hydrogen-bond acceptors (Lipinski definition) is 3. The Morgan fingerprint density at radius 1 is 1.26 bits per heavy atom. The summed E-state index contributed by atoms with van der Waals surface area (Å²) >= 11 is 1.35. The van der Waals surface area contributed by atoms with E-state index in [0.717, 1.165) is 17.5 Å². The Morgan fingerprint density at radius 3 is 2.53 bits per heavy atom. The minimum absolute atomic E-state index is 0.436. The maximum atomic E-state index is 11.4. The van der Waals surface area contributed by atoms with Gasteiger partial charge in [-0.3, -0.25) is 4.79 Å². The molecule has 1 amide bonds. The highest BCUT2D eigenvalue weighted by Gasteiger charge is 2.15. The molecule has 1 aromatic heterocycles. The summed E-state index contributed by atoms with van der Waals surface area (Å²) in [7, 11) is 0. The van der Waals surface area contributed by atoms with E-state index in [4.69, 9.17) is 11.5 Å². The molecular formula is C15H18N2OS. The molecule has 4 N–H and O–H groups in total. The van der Waals surface area contributed by atoms with Crippen molar-refractivity contribution < 1.29 is 4.79 Å². The lowest BCUT2D eigenvalue weighted by Gasteiger charge is -2.04. The molecule has 1 aromatic carbocycles. The van der Waals surface area contributed by atoms with Crippen molar-refractivity contribution in [1.82, 2.24) is 0 Å². The molecule has 0 radical (unpaired) electrons. The molecule has 0 aliphatic carbocycles. The smallest absolute Gasteiger partial charge is 0.252 e. The summed E-state index contributed by atoms with van der Waals surface area (Å²) in [6.45, 7) is 2.18. The fraction of sp³-hybridized carbons (Fsp3) is 0.267. The Bertz CT molecular complexity index is 572. The lowest BCUT2D eigenvalue weighted by atomic mass is 10.0. The average Bonchev–Trinajstić information content (AvgIpc) is 2.79. The van der Waals surface area contributed by atoms with Crippen molar-refractivity contribution in [2.24, 2.45) is 5.73 Å². The molecular weight excluding hydrogens is 256 g/mol. The summed E-state index contributed by atoms with van der Waals surface area (Å²) in [4.78, 5) is 11.4. The highest BCUT2D eigenvalue weighted by molar-refractivity contribution is 7.15. The lowest BCUT2D eigenvalue weighted by molar-refractivity contribution is 0.100. The average molecular weight is 274 g/mol. The molecule has 4 heteroatoms. The number of hydrogen-bond donors (Lipinski definition) is 2. The summed E-state index contributed by atoms with van der Waals surface area (Å²) in [5.41, 5.74) is 14.7. The van der Waals surface area contributed by atoms with E-state index in [1.807, 2.05) is 17.5 Å². The number of carbonyl (C=O) groups is 1. The maximum Gasteiger partial charge on any atom is 0.252 e. The lowest BCUT2D eigenvalue weighted by Crippen LogP contribution is -2.12. The quantitative estimate of drug-likeness (QED) is 0.877. The van der Waals surface area contributed by atoms with Crippen molar-refractivity contribution >= 4 is 22.2 Å². The molecule has 2 rings (SSSR count). The Hall–Kier alpha value is -1.81. The predicted octanol–water partition coefficient (Wildman–Crippen LogP) is 3.44. The van der Waals surface area contributed by atoms with E-state index in [2.05, 4.69) is 19.1 Å². The van der Waals surface area contributed by atoms with Gasteiger partial charge in [0.2, 0.25) is 0 Å². The zero-order chi connectivity index (χ0) is 13.8. The number of thiophene rings is 1. The minimum atomic E-state index is -0.469. The van der Waals surface area contributed by atoms with Crippen LogP contribution in [0.4, 0.5) is 5.00 Å². The van der Waals surface area contributed by atoms with Gasteiger partial charge in [-0.2, -0.15) is 0 Å². The number of rotatable bonds is 5. The van der Waals surface area contributed by atoms with Crippen molar-refractivity contribution in [1.29, 1.82) is 0 Å². The van der Waals surface area contributed by atoms with Crippen LogP contribution in [-0.4, -0.2) is 5.91 Å². The Kier molecular flexibility index (Phi) is 4.22. The van der Waals surface area contributed by atoms with Crippen LogP contribution in [0, 0.1) is 0 Å². The van der Waals surface area contributed by atoms with E-state index in [1.165, 1.54) is 29.7 Å². The van der Waals surface area contributed by atoms with Crippen LogP contribution < -0.4 is 11.5 Å². The molecule has 19 heavy (non-hydrogen) atoms. The second-order valence-corrected chi connectivity index (χ2v) is 5.46. The number of anilines is 1. The molecule has 2 aromatic rings. The number of carbonyl (C=O) groups excluding carboxylic acids is 1. The number of unbranched alkanes of at least 4 members (excludes halogenated alkanes) is 1. The first-order valence-corrected chi connectivity index (χ1v) is 7.27. The Balaban J connectivity index is 2.30. The van der Waals surface area contributed by atoms with Crippen molar-refractivity contribution in [2.45, 2.75) is 26.2 Å². The molecule has 0 fully saturated rings. The molecule has 0 aliphatic rings. The Morgan fingerprint density at radius 2 is 1.95 bits per heavy atom. The van der Waals surface area contributed by atoms with Crippen LogP contribution in [0.2, 0.25) is 0 Å². The van der Waals surface area contributed by atoms with Crippen LogP contribution in [-0.2, 0) is 6.42 Å². The van der Waals surface area contributed by atoms with Crippen molar-refractivity contribution in [3.63, 3.8) is 0 Å². The van der Waals surface area contributed by atoms with Gasteiger partial charge in [-0.25, -0.2) is 0 Å². The van der Waals surface area contributed by atoms with E-state index in [-0.39, 0.29) is 0 Å². The van der Waals surface area contributed by atoms with E-state index in [1.54, 1.807) is 0 Å². The van der Waals surface area contributed by atoms with Gasteiger partial charge in [0.15, 0.2) is 0 Å². The van der Waals surface area contributed by atoms with Gasteiger partial charge < -0.3 is 11.5 Å². The van der Waals surface area contributed by atoms with Crippen LogP contribution in [0.15, 0.2) is 29.6 Å². The zero-order valence-electron chi connectivity index (χ0n) is 11.0. The highest BCUT2D eigenvalue weighted by atomic mass is 32.1. The molecule has 3 nitrogen and oxygen atoms in total. The molecule has 0 atom stereocenters. The van der Waals surface area contributed by atoms with E-state index < -0.39 is 5.91 Å². The first-order chi connectivity index (χ1) is 9.13. The molecule has 1 heterocycles. The topological polar surface area (TPSA) is 69.1 Å². The summed E-state index contributed by atoms with van der Waals surface area (Å²) in [6, 6.07) is 8.26.